The number of ether oxygens (including phenoxy) is 1. The molecule has 1 aromatic heterocycles. The summed E-state index contributed by atoms with van der Waals surface area (Å²) < 4.78 is 34.6. The van der Waals surface area contributed by atoms with Crippen LogP contribution in [0.3, 0.4) is 0 Å². The Balaban J connectivity index is 1.60. The van der Waals surface area contributed by atoms with Crippen molar-refractivity contribution in [3.8, 4) is 5.75 Å². The van der Waals surface area contributed by atoms with Gasteiger partial charge < -0.3 is 10.1 Å². The Morgan fingerprint density at radius 3 is 2.53 bits per heavy atom. The fourth-order valence-electron chi connectivity index (χ4n) is 3.86. The number of amides is 1. The maximum absolute atomic E-state index is 13.3. The summed E-state index contributed by atoms with van der Waals surface area (Å²) in [7, 11) is -2.52. The molecule has 32 heavy (non-hydrogen) atoms. The number of benzene rings is 2. The highest BCUT2D eigenvalue weighted by Crippen LogP contribution is 2.33. The normalized spacial score (nSPS) is 13.2. The predicted molar refractivity (Wildman–Crippen MR) is 122 cm³/mol. The van der Waals surface area contributed by atoms with E-state index in [4.69, 9.17) is 4.74 Å². The fraction of sp³-hybridized carbons (Fsp3) is 0.250. The molecule has 1 heterocycles. The maximum Gasteiger partial charge on any atom is 0.265 e. The van der Waals surface area contributed by atoms with Crippen molar-refractivity contribution in [2.75, 3.05) is 11.8 Å². The number of hydrogen-bond acceptors (Lipinski definition) is 5. The summed E-state index contributed by atoms with van der Waals surface area (Å²) in [6, 6.07) is 13.7. The number of methoxy groups -OCH3 is 1. The molecule has 0 radical (unpaired) electrons. The van der Waals surface area contributed by atoms with Crippen molar-refractivity contribution in [2.45, 2.75) is 37.1 Å². The number of carbonyl (C=O) groups is 1. The summed E-state index contributed by atoms with van der Waals surface area (Å²) in [5, 5.41) is 2.81. The van der Waals surface area contributed by atoms with Gasteiger partial charge in [0.2, 0.25) is 0 Å². The number of pyridine rings is 1. The minimum atomic E-state index is -3.98. The number of nitrogens with zero attached hydrogens (tertiary/aromatic N) is 1. The molecular formula is C24H25N3O4S. The molecule has 0 saturated carbocycles. The maximum atomic E-state index is 13.3. The van der Waals surface area contributed by atoms with E-state index in [1.54, 1.807) is 48.8 Å². The molecule has 3 aromatic rings. The lowest BCUT2D eigenvalue weighted by Gasteiger charge is -2.20. The van der Waals surface area contributed by atoms with Gasteiger partial charge in [-0.15, -0.1) is 0 Å². The molecule has 8 heteroatoms. The number of para-hydroxylation sites is 1. The molecule has 0 saturated heterocycles. The van der Waals surface area contributed by atoms with Crippen LogP contribution < -0.4 is 14.8 Å². The van der Waals surface area contributed by atoms with E-state index in [0.29, 0.717) is 5.75 Å². The monoisotopic (exact) mass is 451 g/mol. The largest absolute Gasteiger partial charge is 0.495 e. The Hall–Kier alpha value is -3.39. The quantitative estimate of drug-likeness (QED) is 0.571. The number of anilines is 1. The standard InChI is InChI=1S/C24H25N3O4S/c1-31-22-13-18-8-2-3-9-19(18)14-23(22)32(29,30)27-21-11-5-4-10-20(21)24(28)26-16-17-7-6-12-25-15-17/h4-7,10-15,27H,2-3,8-9,16H2,1H3,(H,26,28). The average Bonchev–Trinajstić information content (AvgIpc) is 2.82. The van der Waals surface area contributed by atoms with Crippen LogP contribution in [0.4, 0.5) is 5.69 Å². The molecule has 1 aliphatic carbocycles. The van der Waals surface area contributed by atoms with Gasteiger partial charge in [-0.2, -0.15) is 0 Å². The summed E-state index contributed by atoms with van der Waals surface area (Å²) in [6.07, 6.45) is 7.20. The van der Waals surface area contributed by atoms with Crippen LogP contribution in [0.1, 0.15) is 39.9 Å². The van der Waals surface area contributed by atoms with Crippen LogP contribution >= 0.6 is 0 Å². The number of aryl methyl sites for hydroxylation is 2. The first-order chi connectivity index (χ1) is 15.5. The fourth-order valence-corrected chi connectivity index (χ4v) is 5.14. The highest BCUT2D eigenvalue weighted by molar-refractivity contribution is 7.92. The summed E-state index contributed by atoms with van der Waals surface area (Å²) in [5.74, 6) is -0.0822. The predicted octanol–water partition coefficient (Wildman–Crippen LogP) is 3.70. The summed E-state index contributed by atoms with van der Waals surface area (Å²) in [6.45, 7) is 0.284. The molecular weight excluding hydrogens is 426 g/mol. The number of carbonyl (C=O) groups excluding carboxylic acids is 1. The molecule has 4 rings (SSSR count). The van der Waals surface area contributed by atoms with Crippen molar-refractivity contribution in [1.82, 2.24) is 10.3 Å². The first-order valence-corrected chi connectivity index (χ1v) is 11.9. The van der Waals surface area contributed by atoms with Crippen LogP contribution in [0.15, 0.2) is 65.8 Å². The van der Waals surface area contributed by atoms with E-state index in [0.717, 1.165) is 42.4 Å². The molecule has 0 fully saturated rings. The molecule has 0 bridgehead atoms. The van der Waals surface area contributed by atoms with Crippen molar-refractivity contribution in [1.29, 1.82) is 0 Å². The molecule has 7 nitrogen and oxygen atoms in total. The molecule has 0 atom stereocenters. The van der Waals surface area contributed by atoms with Gasteiger partial charge in [0.05, 0.1) is 18.4 Å². The number of sulfonamides is 1. The molecule has 1 amide bonds. The summed E-state index contributed by atoms with van der Waals surface area (Å²) >= 11 is 0. The SMILES string of the molecule is COc1cc2c(cc1S(=O)(=O)Nc1ccccc1C(=O)NCc1cccnc1)CCCC2. The van der Waals surface area contributed by atoms with E-state index >= 15 is 0 Å². The second-order valence-corrected chi connectivity index (χ2v) is 9.32. The lowest BCUT2D eigenvalue weighted by Crippen LogP contribution is -2.25. The first-order valence-electron chi connectivity index (χ1n) is 10.5. The first kappa shape index (κ1) is 21.8. The second kappa shape index (κ2) is 9.40. The van der Waals surface area contributed by atoms with Gasteiger partial charge in [0.1, 0.15) is 10.6 Å². The Morgan fingerprint density at radius 2 is 1.81 bits per heavy atom. The third kappa shape index (κ3) is 4.75. The minimum absolute atomic E-state index is 0.0752. The van der Waals surface area contributed by atoms with E-state index in [-0.39, 0.29) is 28.6 Å². The van der Waals surface area contributed by atoms with Crippen molar-refractivity contribution >= 4 is 21.6 Å². The lowest BCUT2D eigenvalue weighted by atomic mass is 9.92. The topological polar surface area (TPSA) is 97.4 Å². The zero-order valence-corrected chi connectivity index (χ0v) is 18.6. The number of fused-ring (bicyclic) bond motifs is 1. The van der Waals surface area contributed by atoms with E-state index in [2.05, 4.69) is 15.0 Å². The Kier molecular flexibility index (Phi) is 6.41. The zero-order chi connectivity index (χ0) is 22.6. The van der Waals surface area contributed by atoms with Gasteiger partial charge in [-0.05, 0) is 72.7 Å². The number of aromatic nitrogens is 1. The zero-order valence-electron chi connectivity index (χ0n) is 17.8. The van der Waals surface area contributed by atoms with Crippen LogP contribution in [0, 0.1) is 0 Å². The van der Waals surface area contributed by atoms with Crippen LogP contribution in [-0.2, 0) is 29.4 Å². The third-order valence-electron chi connectivity index (χ3n) is 5.51. The summed E-state index contributed by atoms with van der Waals surface area (Å²) in [4.78, 5) is 16.9. The molecule has 2 aromatic carbocycles. The van der Waals surface area contributed by atoms with E-state index in [9.17, 15) is 13.2 Å². The smallest absolute Gasteiger partial charge is 0.265 e. The third-order valence-corrected chi connectivity index (χ3v) is 6.90. The molecule has 0 unspecified atom stereocenters. The van der Waals surface area contributed by atoms with Crippen LogP contribution in [-0.4, -0.2) is 26.4 Å². The van der Waals surface area contributed by atoms with Gasteiger partial charge in [-0.3, -0.25) is 14.5 Å². The van der Waals surface area contributed by atoms with Gasteiger partial charge in [-0.1, -0.05) is 18.2 Å². The molecule has 166 valence electrons. The Labute approximate surface area is 187 Å². The van der Waals surface area contributed by atoms with E-state index in [1.165, 1.54) is 7.11 Å². The summed E-state index contributed by atoms with van der Waals surface area (Å²) in [5.41, 5.74) is 3.44. The van der Waals surface area contributed by atoms with Gasteiger partial charge >= 0.3 is 0 Å². The van der Waals surface area contributed by atoms with Crippen molar-refractivity contribution < 1.29 is 17.9 Å². The molecule has 1 aliphatic rings. The molecule has 0 aliphatic heterocycles. The highest BCUT2D eigenvalue weighted by atomic mass is 32.2. The van der Waals surface area contributed by atoms with Gasteiger partial charge in [0.15, 0.2) is 0 Å². The van der Waals surface area contributed by atoms with E-state index in [1.807, 2.05) is 12.1 Å². The second-order valence-electron chi connectivity index (χ2n) is 7.67. The number of hydrogen-bond donors (Lipinski definition) is 2. The molecule has 0 spiro atoms. The number of rotatable bonds is 7. The minimum Gasteiger partial charge on any atom is -0.495 e. The van der Waals surface area contributed by atoms with Gasteiger partial charge in [0, 0.05) is 18.9 Å². The average molecular weight is 452 g/mol. The molecule has 2 N–H and O–H groups in total. The van der Waals surface area contributed by atoms with Crippen molar-refractivity contribution in [3.63, 3.8) is 0 Å². The van der Waals surface area contributed by atoms with Gasteiger partial charge in [-0.25, -0.2) is 8.42 Å². The van der Waals surface area contributed by atoms with Crippen molar-refractivity contribution in [3.05, 3.63) is 83.2 Å². The van der Waals surface area contributed by atoms with Crippen LogP contribution in [0.25, 0.3) is 0 Å². The van der Waals surface area contributed by atoms with Crippen LogP contribution in [0.5, 0.6) is 5.75 Å². The van der Waals surface area contributed by atoms with Crippen molar-refractivity contribution in [2.24, 2.45) is 0 Å². The van der Waals surface area contributed by atoms with Crippen LogP contribution in [0.2, 0.25) is 0 Å². The Bertz CT molecular complexity index is 1230. The lowest BCUT2D eigenvalue weighted by molar-refractivity contribution is 0.0952. The number of nitrogens with one attached hydrogen (secondary N) is 2. The Morgan fingerprint density at radius 1 is 1.06 bits per heavy atom. The highest BCUT2D eigenvalue weighted by Gasteiger charge is 2.25. The van der Waals surface area contributed by atoms with Gasteiger partial charge in [0.25, 0.3) is 15.9 Å². The van der Waals surface area contributed by atoms with E-state index < -0.39 is 10.0 Å².